The van der Waals surface area contributed by atoms with E-state index in [4.69, 9.17) is 4.74 Å². The number of anilines is 1. The van der Waals surface area contributed by atoms with Crippen LogP contribution in [-0.4, -0.2) is 47.4 Å². The molecule has 1 aliphatic carbocycles. The van der Waals surface area contributed by atoms with Crippen LogP contribution in [0.25, 0.3) is 0 Å². The second-order valence-corrected chi connectivity index (χ2v) is 7.73. The number of rotatable bonds is 6. The quantitative estimate of drug-likeness (QED) is 0.466. The van der Waals surface area contributed by atoms with E-state index in [0.717, 1.165) is 19.3 Å². The molecule has 1 N–H and O–H groups in total. The summed E-state index contributed by atoms with van der Waals surface area (Å²) < 4.78 is 5.11. The number of ether oxygens (including phenoxy) is 1. The fourth-order valence-electron chi connectivity index (χ4n) is 3.55. The van der Waals surface area contributed by atoms with E-state index in [1.165, 1.54) is 18.2 Å². The Morgan fingerprint density at radius 3 is 2.52 bits per heavy atom. The molecule has 2 atom stereocenters. The molecule has 1 aliphatic heterocycles. The van der Waals surface area contributed by atoms with Crippen LogP contribution in [-0.2, 0) is 9.53 Å². The van der Waals surface area contributed by atoms with Gasteiger partial charge in [-0.25, -0.2) is 4.79 Å². The number of hydrogen-bond acceptors (Lipinski definition) is 6. The van der Waals surface area contributed by atoms with Crippen molar-refractivity contribution in [3.63, 3.8) is 0 Å². The predicted octanol–water partition coefficient (Wildman–Crippen LogP) is 2.83. The molecular weight excluding hydrogens is 350 g/mol. The van der Waals surface area contributed by atoms with Crippen molar-refractivity contribution < 1.29 is 19.2 Å². The monoisotopic (exact) mass is 375 g/mol. The van der Waals surface area contributed by atoms with Gasteiger partial charge in [0.05, 0.1) is 10.5 Å². The lowest BCUT2D eigenvalue weighted by Gasteiger charge is -2.34. The normalized spacial score (nSPS) is 22.2. The number of amides is 1. The SMILES string of the molecule is C[C@H]1C[C@H](C)CN(C(=O)COC(=O)c2ccc(NC3CC3)c([N+](=O)[O-])c2)C1. The van der Waals surface area contributed by atoms with Crippen molar-refractivity contribution in [1.29, 1.82) is 0 Å². The summed E-state index contributed by atoms with van der Waals surface area (Å²) in [6.45, 7) is 5.16. The van der Waals surface area contributed by atoms with Gasteiger partial charge in [0.1, 0.15) is 5.69 Å². The Kier molecular flexibility index (Phi) is 5.62. The van der Waals surface area contributed by atoms with Gasteiger partial charge in [0.25, 0.3) is 11.6 Å². The number of nitrogens with zero attached hydrogens (tertiary/aromatic N) is 2. The molecule has 8 nitrogen and oxygen atoms in total. The maximum absolute atomic E-state index is 12.3. The van der Waals surface area contributed by atoms with Gasteiger partial charge >= 0.3 is 5.97 Å². The van der Waals surface area contributed by atoms with E-state index in [1.807, 2.05) is 0 Å². The summed E-state index contributed by atoms with van der Waals surface area (Å²) in [4.78, 5) is 37.0. The molecule has 2 fully saturated rings. The first kappa shape index (κ1) is 19.1. The van der Waals surface area contributed by atoms with Gasteiger partial charge in [0.15, 0.2) is 6.61 Å². The summed E-state index contributed by atoms with van der Waals surface area (Å²) in [5.74, 6) is -0.129. The zero-order valence-electron chi connectivity index (χ0n) is 15.6. The van der Waals surface area contributed by atoms with E-state index in [0.29, 0.717) is 30.6 Å². The first-order chi connectivity index (χ1) is 12.8. The van der Waals surface area contributed by atoms with E-state index in [-0.39, 0.29) is 29.8 Å². The van der Waals surface area contributed by atoms with E-state index >= 15 is 0 Å². The summed E-state index contributed by atoms with van der Waals surface area (Å²) in [5.41, 5.74) is 0.295. The van der Waals surface area contributed by atoms with Crippen molar-refractivity contribution in [1.82, 2.24) is 4.90 Å². The van der Waals surface area contributed by atoms with Crippen LogP contribution in [0, 0.1) is 22.0 Å². The number of esters is 1. The Labute approximate surface area is 158 Å². The standard InChI is InChI=1S/C19H25N3O5/c1-12-7-13(2)10-21(9-12)18(23)11-27-19(24)14-3-6-16(20-15-4-5-15)17(8-14)22(25)26/h3,6,8,12-13,15,20H,4-5,7,9-11H2,1-2H3/t12-,13-/m0/s1. The van der Waals surface area contributed by atoms with Gasteiger partial charge in [0, 0.05) is 25.2 Å². The number of nitrogens with one attached hydrogen (secondary N) is 1. The minimum absolute atomic E-state index is 0.0660. The van der Waals surface area contributed by atoms with Crippen LogP contribution in [0.3, 0.4) is 0 Å². The van der Waals surface area contributed by atoms with Crippen molar-refractivity contribution >= 4 is 23.3 Å². The molecule has 3 rings (SSSR count). The number of carbonyl (C=O) groups is 2. The van der Waals surface area contributed by atoms with E-state index in [9.17, 15) is 19.7 Å². The molecule has 0 spiro atoms. The molecule has 2 aliphatic rings. The minimum Gasteiger partial charge on any atom is -0.452 e. The average Bonchev–Trinajstić information content (AvgIpc) is 3.42. The number of piperidine rings is 1. The lowest BCUT2D eigenvalue weighted by molar-refractivity contribution is -0.384. The number of likely N-dealkylation sites (tertiary alicyclic amines) is 1. The maximum Gasteiger partial charge on any atom is 0.338 e. The molecule has 1 heterocycles. The van der Waals surface area contributed by atoms with Crippen LogP contribution in [0.4, 0.5) is 11.4 Å². The number of nitro groups is 1. The van der Waals surface area contributed by atoms with Crippen molar-refractivity contribution in [3.05, 3.63) is 33.9 Å². The highest BCUT2D eigenvalue weighted by atomic mass is 16.6. The third-order valence-corrected chi connectivity index (χ3v) is 4.92. The molecule has 0 aromatic heterocycles. The molecule has 0 unspecified atom stereocenters. The van der Waals surface area contributed by atoms with Gasteiger partial charge in [0.2, 0.25) is 0 Å². The maximum atomic E-state index is 12.3. The fourth-order valence-corrected chi connectivity index (χ4v) is 3.55. The van der Waals surface area contributed by atoms with E-state index < -0.39 is 10.9 Å². The lowest BCUT2D eigenvalue weighted by atomic mass is 9.92. The first-order valence-corrected chi connectivity index (χ1v) is 9.33. The fraction of sp³-hybridized carbons (Fsp3) is 0.579. The van der Waals surface area contributed by atoms with Crippen molar-refractivity contribution in [2.75, 3.05) is 25.0 Å². The summed E-state index contributed by atoms with van der Waals surface area (Å²) in [6.07, 6.45) is 3.04. The third-order valence-electron chi connectivity index (χ3n) is 4.92. The second-order valence-electron chi connectivity index (χ2n) is 7.73. The second kappa shape index (κ2) is 7.94. The van der Waals surface area contributed by atoms with Gasteiger partial charge in [-0.15, -0.1) is 0 Å². The lowest BCUT2D eigenvalue weighted by Crippen LogP contribution is -2.44. The Bertz CT molecular complexity index is 737. The van der Waals surface area contributed by atoms with Crippen LogP contribution >= 0.6 is 0 Å². The summed E-state index contributed by atoms with van der Waals surface area (Å²) in [7, 11) is 0. The third kappa shape index (κ3) is 4.96. The smallest absolute Gasteiger partial charge is 0.338 e. The Morgan fingerprint density at radius 2 is 1.93 bits per heavy atom. The summed E-state index contributed by atoms with van der Waals surface area (Å²) in [6, 6.07) is 4.45. The molecule has 1 amide bonds. The topological polar surface area (TPSA) is 102 Å². The molecule has 1 aromatic rings. The minimum atomic E-state index is -0.734. The highest BCUT2D eigenvalue weighted by Gasteiger charge is 2.27. The van der Waals surface area contributed by atoms with Gasteiger partial charge in [-0.2, -0.15) is 0 Å². The largest absolute Gasteiger partial charge is 0.452 e. The zero-order valence-corrected chi connectivity index (χ0v) is 15.6. The first-order valence-electron chi connectivity index (χ1n) is 9.33. The molecule has 146 valence electrons. The molecule has 8 heteroatoms. The highest BCUT2D eigenvalue weighted by molar-refractivity contribution is 5.93. The number of hydrogen-bond donors (Lipinski definition) is 1. The van der Waals surface area contributed by atoms with E-state index in [2.05, 4.69) is 19.2 Å². The van der Waals surface area contributed by atoms with Crippen molar-refractivity contribution in [2.45, 2.75) is 39.2 Å². The molecule has 1 aromatic carbocycles. The van der Waals surface area contributed by atoms with Crippen LogP contribution in [0.15, 0.2) is 18.2 Å². The van der Waals surface area contributed by atoms with Gasteiger partial charge in [-0.05, 0) is 43.2 Å². The van der Waals surface area contributed by atoms with Gasteiger partial charge in [-0.1, -0.05) is 13.8 Å². The number of carbonyl (C=O) groups excluding carboxylic acids is 2. The molecule has 0 bridgehead atoms. The average molecular weight is 375 g/mol. The highest BCUT2D eigenvalue weighted by Crippen LogP contribution is 2.31. The van der Waals surface area contributed by atoms with Crippen LogP contribution < -0.4 is 5.32 Å². The van der Waals surface area contributed by atoms with Crippen LogP contribution in [0.1, 0.15) is 43.5 Å². The molecule has 27 heavy (non-hydrogen) atoms. The van der Waals surface area contributed by atoms with Crippen molar-refractivity contribution in [3.8, 4) is 0 Å². The number of nitro benzene ring substituents is 1. The Hall–Kier alpha value is -2.64. The molecule has 1 saturated heterocycles. The molecular formula is C19H25N3O5. The zero-order chi connectivity index (χ0) is 19.6. The summed E-state index contributed by atoms with van der Waals surface area (Å²) >= 11 is 0. The van der Waals surface area contributed by atoms with Gasteiger partial charge < -0.3 is 15.0 Å². The van der Waals surface area contributed by atoms with E-state index in [1.54, 1.807) is 4.90 Å². The van der Waals surface area contributed by atoms with Gasteiger partial charge in [-0.3, -0.25) is 14.9 Å². The van der Waals surface area contributed by atoms with Crippen molar-refractivity contribution in [2.24, 2.45) is 11.8 Å². The Morgan fingerprint density at radius 1 is 1.26 bits per heavy atom. The van der Waals surface area contributed by atoms with Crippen LogP contribution in [0.5, 0.6) is 0 Å². The summed E-state index contributed by atoms with van der Waals surface area (Å²) in [5, 5.41) is 14.4. The Balaban J connectivity index is 1.61. The molecule has 0 radical (unpaired) electrons. The van der Waals surface area contributed by atoms with Crippen LogP contribution in [0.2, 0.25) is 0 Å². The predicted molar refractivity (Wildman–Crippen MR) is 99.5 cm³/mol. The molecule has 1 saturated carbocycles. The number of benzene rings is 1.